The minimum atomic E-state index is -5.73. The SMILES string of the molecule is COC(=O)C1(C)CCN(c2ccc(F)cc2S(=O)(=O)C(F)(F)F)C1. The van der Waals surface area contributed by atoms with E-state index < -0.39 is 37.4 Å². The Bertz CT molecular complexity index is 763. The Morgan fingerprint density at radius 3 is 2.50 bits per heavy atom. The maximum absolute atomic E-state index is 13.4. The van der Waals surface area contributed by atoms with Gasteiger partial charge in [0.25, 0.3) is 9.84 Å². The van der Waals surface area contributed by atoms with Crippen LogP contribution in [0.2, 0.25) is 0 Å². The largest absolute Gasteiger partial charge is 0.501 e. The predicted octanol–water partition coefficient (Wildman–Crippen LogP) is 2.51. The summed E-state index contributed by atoms with van der Waals surface area (Å²) in [5.41, 5.74) is -6.83. The van der Waals surface area contributed by atoms with Crippen molar-refractivity contribution in [2.75, 3.05) is 25.1 Å². The molecule has 10 heteroatoms. The molecule has 0 bridgehead atoms. The Kier molecular flexibility index (Phi) is 4.55. The Hall–Kier alpha value is -1.84. The molecule has 0 amide bonds. The first-order chi connectivity index (χ1) is 10.9. The number of esters is 1. The van der Waals surface area contributed by atoms with Crippen LogP contribution in [0.3, 0.4) is 0 Å². The predicted molar refractivity (Wildman–Crippen MR) is 76.6 cm³/mol. The van der Waals surface area contributed by atoms with Crippen LogP contribution in [-0.4, -0.2) is 40.1 Å². The quantitative estimate of drug-likeness (QED) is 0.605. The van der Waals surface area contributed by atoms with E-state index in [0.29, 0.717) is 6.07 Å². The van der Waals surface area contributed by atoms with E-state index in [2.05, 4.69) is 4.74 Å². The standard InChI is InChI=1S/C14H15F4NO4S/c1-13(12(20)23-2)5-6-19(8-13)10-4-3-9(15)7-11(10)24(21,22)14(16,17)18/h3-4,7H,5-6,8H2,1-2H3. The van der Waals surface area contributed by atoms with Crippen LogP contribution in [0.5, 0.6) is 0 Å². The number of carbonyl (C=O) groups is 1. The zero-order valence-electron chi connectivity index (χ0n) is 12.9. The smallest absolute Gasteiger partial charge is 0.469 e. The van der Waals surface area contributed by atoms with Gasteiger partial charge in [0.2, 0.25) is 0 Å². The van der Waals surface area contributed by atoms with Gasteiger partial charge in [-0.05, 0) is 31.5 Å². The Morgan fingerprint density at radius 2 is 1.96 bits per heavy atom. The van der Waals surface area contributed by atoms with Crippen molar-refractivity contribution in [3.05, 3.63) is 24.0 Å². The molecule has 1 aromatic rings. The van der Waals surface area contributed by atoms with Gasteiger partial charge in [-0.15, -0.1) is 0 Å². The molecule has 134 valence electrons. The molecule has 0 aromatic heterocycles. The lowest BCUT2D eigenvalue weighted by Gasteiger charge is -2.25. The van der Waals surface area contributed by atoms with Crippen molar-refractivity contribution in [3.8, 4) is 0 Å². The van der Waals surface area contributed by atoms with E-state index in [1.54, 1.807) is 6.92 Å². The van der Waals surface area contributed by atoms with Crippen LogP contribution in [-0.2, 0) is 19.4 Å². The van der Waals surface area contributed by atoms with Crippen LogP contribution in [0.15, 0.2) is 23.1 Å². The van der Waals surface area contributed by atoms with Gasteiger partial charge in [0.05, 0.1) is 18.2 Å². The third-order valence-electron chi connectivity index (χ3n) is 4.01. The van der Waals surface area contributed by atoms with E-state index >= 15 is 0 Å². The van der Waals surface area contributed by atoms with Crippen LogP contribution in [0.25, 0.3) is 0 Å². The molecule has 1 saturated heterocycles. The lowest BCUT2D eigenvalue weighted by molar-refractivity contribution is -0.150. The van der Waals surface area contributed by atoms with Gasteiger partial charge in [-0.1, -0.05) is 0 Å². The van der Waals surface area contributed by atoms with E-state index in [1.807, 2.05) is 0 Å². The van der Waals surface area contributed by atoms with Crippen LogP contribution in [0, 0.1) is 11.2 Å². The van der Waals surface area contributed by atoms with Gasteiger partial charge in [0.15, 0.2) is 0 Å². The number of methoxy groups -OCH3 is 1. The fourth-order valence-electron chi connectivity index (χ4n) is 2.67. The molecule has 1 atom stereocenters. The van der Waals surface area contributed by atoms with Gasteiger partial charge in [0.1, 0.15) is 10.7 Å². The topological polar surface area (TPSA) is 63.7 Å². The van der Waals surface area contributed by atoms with Gasteiger partial charge in [-0.2, -0.15) is 13.2 Å². The zero-order valence-corrected chi connectivity index (χ0v) is 13.7. The van der Waals surface area contributed by atoms with Crippen molar-refractivity contribution in [1.29, 1.82) is 0 Å². The van der Waals surface area contributed by atoms with Crippen LogP contribution in [0.4, 0.5) is 23.2 Å². The lowest BCUT2D eigenvalue weighted by atomic mass is 9.90. The van der Waals surface area contributed by atoms with Crippen LogP contribution >= 0.6 is 0 Å². The lowest BCUT2D eigenvalue weighted by Crippen LogP contribution is -2.34. The Balaban J connectivity index is 2.49. The molecule has 0 N–H and O–H groups in total. The van der Waals surface area contributed by atoms with Crippen molar-refractivity contribution >= 4 is 21.5 Å². The summed E-state index contributed by atoms with van der Waals surface area (Å²) in [6, 6.07) is 2.18. The highest BCUT2D eigenvalue weighted by molar-refractivity contribution is 7.92. The summed E-state index contributed by atoms with van der Waals surface area (Å²) in [5, 5.41) is 0. The second kappa shape index (κ2) is 5.91. The molecule has 2 rings (SSSR count). The second-order valence-corrected chi connectivity index (χ2v) is 7.69. The molecule has 1 unspecified atom stereocenters. The van der Waals surface area contributed by atoms with Gasteiger partial charge < -0.3 is 9.64 Å². The third-order valence-corrected chi connectivity index (χ3v) is 5.52. The van der Waals surface area contributed by atoms with Crippen molar-refractivity contribution in [1.82, 2.24) is 0 Å². The highest BCUT2D eigenvalue weighted by atomic mass is 32.2. The first-order valence-corrected chi connectivity index (χ1v) is 8.35. The van der Waals surface area contributed by atoms with Gasteiger partial charge in [-0.25, -0.2) is 12.8 Å². The van der Waals surface area contributed by atoms with Crippen molar-refractivity contribution in [2.24, 2.45) is 5.41 Å². The van der Waals surface area contributed by atoms with Crippen molar-refractivity contribution in [3.63, 3.8) is 0 Å². The molecule has 0 saturated carbocycles. The fraction of sp³-hybridized carbons (Fsp3) is 0.500. The number of carbonyl (C=O) groups excluding carboxylic acids is 1. The number of ether oxygens (including phenoxy) is 1. The average molecular weight is 369 g/mol. The first-order valence-electron chi connectivity index (χ1n) is 6.87. The van der Waals surface area contributed by atoms with E-state index in [4.69, 9.17) is 0 Å². The Labute approximate surface area is 136 Å². The minimum Gasteiger partial charge on any atom is -0.469 e. The van der Waals surface area contributed by atoms with E-state index in [1.165, 1.54) is 12.0 Å². The molecule has 0 aliphatic carbocycles. The molecule has 5 nitrogen and oxygen atoms in total. The molecule has 0 radical (unpaired) electrons. The van der Waals surface area contributed by atoms with E-state index in [0.717, 1.165) is 12.1 Å². The number of nitrogens with zero attached hydrogens (tertiary/aromatic N) is 1. The average Bonchev–Trinajstić information content (AvgIpc) is 2.88. The highest BCUT2D eigenvalue weighted by Crippen LogP contribution is 2.40. The zero-order chi connectivity index (χ0) is 18.3. The summed E-state index contributed by atoms with van der Waals surface area (Å²) in [6.45, 7) is 1.67. The van der Waals surface area contributed by atoms with E-state index in [9.17, 15) is 30.8 Å². The second-order valence-electron chi connectivity index (χ2n) is 5.79. The maximum Gasteiger partial charge on any atom is 0.501 e. The maximum atomic E-state index is 13.4. The molecule has 1 heterocycles. The summed E-state index contributed by atoms with van der Waals surface area (Å²) < 4.78 is 80.0. The van der Waals surface area contributed by atoms with E-state index in [-0.39, 0.29) is 25.2 Å². The molecule has 1 aromatic carbocycles. The molecule has 24 heavy (non-hydrogen) atoms. The van der Waals surface area contributed by atoms with Crippen molar-refractivity contribution < 1.29 is 35.5 Å². The molecule has 1 fully saturated rings. The minimum absolute atomic E-state index is 0.0360. The number of alkyl halides is 3. The van der Waals surface area contributed by atoms with Crippen LogP contribution in [0.1, 0.15) is 13.3 Å². The molecule has 0 spiro atoms. The molecule has 1 aliphatic rings. The number of anilines is 1. The monoisotopic (exact) mass is 369 g/mol. The van der Waals surface area contributed by atoms with Gasteiger partial charge >= 0.3 is 11.5 Å². The number of sulfone groups is 1. The number of benzene rings is 1. The third kappa shape index (κ3) is 3.06. The normalized spacial score (nSPS) is 21.8. The summed E-state index contributed by atoms with van der Waals surface area (Å²) in [4.78, 5) is 12.0. The fourth-order valence-corrected chi connectivity index (χ4v) is 3.66. The molecular formula is C14H15F4NO4S. The number of halogens is 4. The number of rotatable bonds is 3. The summed E-state index contributed by atoms with van der Waals surface area (Å²) in [7, 11) is -4.54. The number of hydrogen-bond donors (Lipinski definition) is 0. The summed E-state index contributed by atoms with van der Waals surface area (Å²) >= 11 is 0. The number of hydrogen-bond acceptors (Lipinski definition) is 5. The summed E-state index contributed by atoms with van der Waals surface area (Å²) in [6.07, 6.45) is 0.266. The highest BCUT2D eigenvalue weighted by Gasteiger charge is 2.50. The van der Waals surface area contributed by atoms with Crippen LogP contribution < -0.4 is 4.90 Å². The van der Waals surface area contributed by atoms with Crippen molar-refractivity contribution in [2.45, 2.75) is 23.7 Å². The molecular weight excluding hydrogens is 354 g/mol. The van der Waals surface area contributed by atoms with Gasteiger partial charge in [0, 0.05) is 13.1 Å². The first kappa shape index (κ1) is 18.5. The Morgan fingerprint density at radius 1 is 1.33 bits per heavy atom. The summed E-state index contributed by atoms with van der Waals surface area (Å²) in [5.74, 6) is -1.65. The molecule has 1 aliphatic heterocycles. The van der Waals surface area contributed by atoms with Gasteiger partial charge in [-0.3, -0.25) is 4.79 Å².